The fourth-order valence-corrected chi connectivity index (χ4v) is 10.8. The topological polar surface area (TPSA) is 87.8 Å². The minimum absolute atomic E-state index is 0.548. The van der Waals surface area contributed by atoms with Gasteiger partial charge in [-0.1, -0.05) is 101 Å². The molecule has 0 saturated carbocycles. The molecule has 0 saturated heterocycles. The van der Waals surface area contributed by atoms with Crippen LogP contribution in [0.3, 0.4) is 0 Å². The van der Waals surface area contributed by atoms with Crippen LogP contribution in [0.2, 0.25) is 19.6 Å². The van der Waals surface area contributed by atoms with E-state index in [0.717, 1.165) is 33.3 Å². The zero-order chi connectivity index (χ0) is 34.1. The third kappa shape index (κ3) is 6.06. The summed E-state index contributed by atoms with van der Waals surface area (Å²) in [6.07, 6.45) is 6.78. The summed E-state index contributed by atoms with van der Waals surface area (Å²) in [6.45, 7) is 7.10. The smallest absolute Gasteiger partial charge is 0.254 e. The minimum atomic E-state index is -2.18. The van der Waals surface area contributed by atoms with Crippen LogP contribution in [0.5, 0.6) is 23.3 Å². The van der Waals surface area contributed by atoms with Crippen molar-refractivity contribution in [2.24, 2.45) is 0 Å². The number of benzene rings is 4. The first-order chi connectivity index (χ1) is 24.4. The van der Waals surface area contributed by atoms with E-state index in [0.29, 0.717) is 17.7 Å². The molecule has 1 unspecified atom stereocenters. The lowest BCUT2D eigenvalue weighted by molar-refractivity contribution is 0.463. The third-order valence-electron chi connectivity index (χ3n) is 9.32. The Kier molecular flexibility index (Phi) is 8.23. The Labute approximate surface area is 292 Å². The van der Waals surface area contributed by atoms with Gasteiger partial charge in [0.1, 0.15) is 19.6 Å². The summed E-state index contributed by atoms with van der Waals surface area (Å²) in [5.41, 5.74) is 2.12. The second kappa shape index (κ2) is 13.1. The number of rotatable bonds is 9. The van der Waals surface area contributed by atoms with Crippen molar-refractivity contribution >= 4 is 59.4 Å². The molecule has 50 heavy (non-hydrogen) atoms. The zero-order valence-corrected chi connectivity index (χ0v) is 30.1. The molecule has 0 aliphatic heterocycles. The number of hydrogen-bond acceptors (Lipinski definition) is 7. The van der Waals surface area contributed by atoms with Crippen molar-refractivity contribution in [3.05, 3.63) is 146 Å². The van der Waals surface area contributed by atoms with E-state index < -0.39 is 16.9 Å². The lowest BCUT2D eigenvalue weighted by Gasteiger charge is -2.24. The molecule has 1 atom stereocenters. The van der Waals surface area contributed by atoms with Gasteiger partial charge in [-0.05, 0) is 48.5 Å². The second-order valence-electron chi connectivity index (χ2n) is 12.8. The molecule has 0 aliphatic rings. The summed E-state index contributed by atoms with van der Waals surface area (Å²) in [7, 11) is -3.79. The summed E-state index contributed by atoms with van der Waals surface area (Å²) in [6, 6.07) is 41.8. The maximum absolute atomic E-state index is 6.11. The van der Waals surface area contributed by atoms with E-state index in [-0.39, 0.29) is 0 Å². The van der Waals surface area contributed by atoms with Crippen LogP contribution < -0.4 is 30.2 Å². The Balaban J connectivity index is 1.20. The molecule has 8 aromatic rings. The van der Waals surface area contributed by atoms with Crippen LogP contribution in [-0.4, -0.2) is 46.6 Å². The molecule has 0 N–H and O–H groups in total. The van der Waals surface area contributed by atoms with E-state index in [4.69, 9.17) is 9.47 Å². The Morgan fingerprint density at radius 1 is 0.560 bits per heavy atom. The standard InChI is InChI=1S/C40H34N6O2Si2/c1-49(30-12-8-10-28(24-30)47-38-14-4-6-20-41-38)31-16-18-34-35-19-17-33(27-37(35)46(36(34)26-31)40-43-22-23-44-45-40)50(2,3)32-13-9-11-29(25-32)48-39-15-5-7-21-42-39/h4-27,49H,1-3H3. The van der Waals surface area contributed by atoms with Gasteiger partial charge in [0.15, 0.2) is 0 Å². The highest BCUT2D eigenvalue weighted by molar-refractivity contribution is 7.00. The first kappa shape index (κ1) is 31.3. The maximum Gasteiger partial charge on any atom is 0.254 e. The van der Waals surface area contributed by atoms with Crippen LogP contribution in [-0.2, 0) is 0 Å². The second-order valence-corrected chi connectivity index (χ2v) is 20.0. The number of ether oxygens (including phenoxy) is 2. The predicted molar refractivity (Wildman–Crippen MR) is 205 cm³/mol. The molecule has 4 heterocycles. The number of nitrogens with zero attached hydrogens (tertiary/aromatic N) is 6. The van der Waals surface area contributed by atoms with Gasteiger partial charge in [0.25, 0.3) is 5.95 Å². The van der Waals surface area contributed by atoms with Gasteiger partial charge in [-0.25, -0.2) is 15.0 Å². The predicted octanol–water partition coefficient (Wildman–Crippen LogP) is 6.14. The molecule has 244 valence electrons. The third-order valence-corrected chi connectivity index (χ3v) is 15.5. The molecule has 10 heteroatoms. The molecule has 0 spiro atoms. The van der Waals surface area contributed by atoms with Gasteiger partial charge in [0, 0.05) is 35.3 Å². The van der Waals surface area contributed by atoms with Crippen molar-refractivity contribution in [1.82, 2.24) is 29.7 Å². The Hall–Kier alpha value is -5.98. The minimum Gasteiger partial charge on any atom is -0.439 e. The summed E-state index contributed by atoms with van der Waals surface area (Å²) in [5, 5.41) is 16.1. The van der Waals surface area contributed by atoms with E-state index in [1.807, 2.05) is 48.5 Å². The molecular weight excluding hydrogens is 653 g/mol. The Morgan fingerprint density at radius 2 is 1.20 bits per heavy atom. The highest BCUT2D eigenvalue weighted by atomic mass is 28.3. The highest BCUT2D eigenvalue weighted by Gasteiger charge is 2.28. The van der Waals surface area contributed by atoms with Gasteiger partial charge < -0.3 is 9.47 Å². The van der Waals surface area contributed by atoms with Gasteiger partial charge in [-0.2, -0.15) is 5.10 Å². The SMILES string of the molecule is C[SiH](c1cccc(Oc2ccccn2)c1)c1ccc2c3ccc([Si](C)(C)c4cccc(Oc5ccccn5)c4)cc3n(-c3nccnn3)c2c1. The summed E-state index contributed by atoms with van der Waals surface area (Å²) in [5.74, 6) is 3.27. The molecular formula is C40H34N6O2Si2. The van der Waals surface area contributed by atoms with E-state index in [9.17, 15) is 0 Å². The number of aromatic nitrogens is 6. The van der Waals surface area contributed by atoms with Crippen molar-refractivity contribution in [2.45, 2.75) is 19.6 Å². The van der Waals surface area contributed by atoms with Gasteiger partial charge in [-0.3, -0.25) is 4.57 Å². The summed E-state index contributed by atoms with van der Waals surface area (Å²) >= 11 is 0. The normalized spacial score (nSPS) is 12.2. The fourth-order valence-electron chi connectivity index (χ4n) is 6.46. The maximum atomic E-state index is 6.11. The summed E-state index contributed by atoms with van der Waals surface area (Å²) < 4.78 is 14.3. The average molecular weight is 687 g/mol. The lowest BCUT2D eigenvalue weighted by Crippen LogP contribution is -2.52. The van der Waals surface area contributed by atoms with Gasteiger partial charge >= 0.3 is 0 Å². The van der Waals surface area contributed by atoms with Crippen molar-refractivity contribution in [1.29, 1.82) is 0 Å². The van der Waals surface area contributed by atoms with Crippen molar-refractivity contribution in [2.75, 3.05) is 0 Å². The van der Waals surface area contributed by atoms with E-state index in [1.54, 1.807) is 24.8 Å². The van der Waals surface area contributed by atoms with Crippen LogP contribution in [0.15, 0.2) is 146 Å². The van der Waals surface area contributed by atoms with Gasteiger partial charge in [0.2, 0.25) is 11.8 Å². The Morgan fingerprint density at radius 3 is 1.88 bits per heavy atom. The average Bonchev–Trinajstić information content (AvgIpc) is 3.49. The Bertz CT molecular complexity index is 2440. The molecule has 4 aromatic heterocycles. The van der Waals surface area contributed by atoms with Crippen LogP contribution in [0.25, 0.3) is 27.8 Å². The van der Waals surface area contributed by atoms with Crippen LogP contribution in [0.1, 0.15) is 0 Å². The molecule has 0 bridgehead atoms. The van der Waals surface area contributed by atoms with Crippen LogP contribution >= 0.6 is 0 Å². The lowest BCUT2D eigenvalue weighted by atomic mass is 10.1. The van der Waals surface area contributed by atoms with Crippen molar-refractivity contribution in [3.63, 3.8) is 0 Å². The molecule has 8 rings (SSSR count). The molecule has 0 amide bonds. The molecule has 0 aliphatic carbocycles. The molecule has 4 aromatic carbocycles. The van der Waals surface area contributed by atoms with Crippen molar-refractivity contribution < 1.29 is 9.47 Å². The first-order valence-electron chi connectivity index (χ1n) is 16.5. The van der Waals surface area contributed by atoms with Crippen molar-refractivity contribution in [3.8, 4) is 29.2 Å². The number of hydrogen-bond donors (Lipinski definition) is 0. The van der Waals surface area contributed by atoms with E-state index in [1.165, 1.54) is 20.7 Å². The fraction of sp³-hybridized carbons (Fsp3) is 0.0750. The monoisotopic (exact) mass is 686 g/mol. The summed E-state index contributed by atoms with van der Waals surface area (Å²) in [4.78, 5) is 13.3. The van der Waals surface area contributed by atoms with Crippen LogP contribution in [0.4, 0.5) is 0 Å². The zero-order valence-electron chi connectivity index (χ0n) is 27.9. The van der Waals surface area contributed by atoms with Gasteiger partial charge in [-0.15, -0.1) is 5.10 Å². The molecule has 0 fully saturated rings. The van der Waals surface area contributed by atoms with Crippen LogP contribution in [0, 0.1) is 0 Å². The van der Waals surface area contributed by atoms with E-state index in [2.05, 4.69) is 122 Å². The molecule has 0 radical (unpaired) electrons. The number of fused-ring (bicyclic) bond motifs is 3. The largest absolute Gasteiger partial charge is 0.439 e. The first-order valence-corrected chi connectivity index (χ1v) is 21.9. The van der Waals surface area contributed by atoms with Gasteiger partial charge in [0.05, 0.1) is 32.2 Å². The molecule has 8 nitrogen and oxygen atoms in total. The highest BCUT2D eigenvalue weighted by Crippen LogP contribution is 2.31. The quantitative estimate of drug-likeness (QED) is 0.169. The van der Waals surface area contributed by atoms with E-state index >= 15 is 0 Å². The number of pyridine rings is 2.